The summed E-state index contributed by atoms with van der Waals surface area (Å²) in [6, 6.07) is 9.92. The molecule has 0 bridgehead atoms. The molecule has 5 heteroatoms. The van der Waals surface area contributed by atoms with Crippen LogP contribution in [0.1, 0.15) is 5.56 Å². The molecule has 3 N–H and O–H groups in total. The van der Waals surface area contributed by atoms with Crippen molar-refractivity contribution in [1.82, 2.24) is 9.97 Å². The fraction of sp³-hybridized carbons (Fsp3) is 0.0714. The number of benzene rings is 2. The first kappa shape index (κ1) is 12.7. The molecular weight excluding hydrogens is 370 g/mol. The first-order valence-corrected chi connectivity index (χ1v) is 7.34. The van der Waals surface area contributed by atoms with Gasteiger partial charge in [-0.05, 0) is 58.7 Å². The molecule has 3 rings (SSSR count). The van der Waals surface area contributed by atoms with E-state index in [0.29, 0.717) is 5.69 Å². The van der Waals surface area contributed by atoms with Gasteiger partial charge in [-0.15, -0.1) is 0 Å². The molecule has 0 radical (unpaired) electrons. The Hall–Kier alpha value is -1.33. The zero-order chi connectivity index (χ0) is 13.6. The second-order valence-corrected chi connectivity index (χ2v) is 6.21. The molecule has 3 aromatic rings. The van der Waals surface area contributed by atoms with Gasteiger partial charge in [-0.2, -0.15) is 0 Å². The van der Waals surface area contributed by atoms with Crippen molar-refractivity contribution in [1.29, 1.82) is 0 Å². The van der Waals surface area contributed by atoms with Crippen molar-refractivity contribution >= 4 is 48.6 Å². The van der Waals surface area contributed by atoms with Crippen molar-refractivity contribution in [3.05, 3.63) is 44.8 Å². The number of H-pyrrole nitrogens is 1. The van der Waals surface area contributed by atoms with Crippen LogP contribution < -0.4 is 5.73 Å². The average Bonchev–Trinajstić information content (AvgIpc) is 2.76. The van der Waals surface area contributed by atoms with Gasteiger partial charge in [0.25, 0.3) is 0 Å². The van der Waals surface area contributed by atoms with Crippen molar-refractivity contribution in [2.45, 2.75) is 6.92 Å². The molecule has 0 aliphatic heterocycles. The van der Waals surface area contributed by atoms with Crippen LogP contribution in [0.2, 0.25) is 0 Å². The summed E-state index contributed by atoms with van der Waals surface area (Å²) in [4.78, 5) is 7.98. The number of hydrogen-bond donors (Lipinski definition) is 2. The summed E-state index contributed by atoms with van der Waals surface area (Å²) in [5, 5.41) is 0. The van der Waals surface area contributed by atoms with Gasteiger partial charge in [0.15, 0.2) is 0 Å². The van der Waals surface area contributed by atoms with Gasteiger partial charge in [-0.3, -0.25) is 0 Å². The van der Waals surface area contributed by atoms with Crippen molar-refractivity contribution < 1.29 is 0 Å². The van der Waals surface area contributed by atoms with Crippen molar-refractivity contribution in [2.75, 3.05) is 5.73 Å². The minimum Gasteiger partial charge on any atom is -0.398 e. The summed E-state index contributed by atoms with van der Waals surface area (Å²) in [5.74, 6) is 0.829. The Kier molecular flexibility index (Phi) is 3.11. The van der Waals surface area contributed by atoms with Gasteiger partial charge >= 0.3 is 0 Å². The molecular formula is C14H11Br2N3. The second kappa shape index (κ2) is 4.65. The Bertz CT molecular complexity index is 778. The summed E-state index contributed by atoms with van der Waals surface area (Å²) in [7, 11) is 0. The highest BCUT2D eigenvalue weighted by Gasteiger charge is 2.09. The Morgan fingerprint density at radius 1 is 1.16 bits per heavy atom. The topological polar surface area (TPSA) is 54.7 Å². The number of halogens is 2. The molecule has 2 aromatic carbocycles. The number of imidazole rings is 1. The van der Waals surface area contributed by atoms with Crippen LogP contribution in [0.25, 0.3) is 22.4 Å². The molecule has 96 valence electrons. The van der Waals surface area contributed by atoms with Crippen LogP contribution in [0.4, 0.5) is 5.69 Å². The first-order chi connectivity index (χ1) is 9.04. The lowest BCUT2D eigenvalue weighted by atomic mass is 10.2. The average molecular weight is 381 g/mol. The third-order valence-corrected chi connectivity index (χ3v) is 4.19. The zero-order valence-corrected chi connectivity index (χ0v) is 13.3. The SMILES string of the molecule is Cc1cc(Br)cc2[nH]c(-c3ccc(Br)c(N)c3)nc12. The Balaban J connectivity index is 2.20. The lowest BCUT2D eigenvalue weighted by molar-refractivity contribution is 1.33. The molecule has 19 heavy (non-hydrogen) atoms. The second-order valence-electron chi connectivity index (χ2n) is 4.44. The zero-order valence-electron chi connectivity index (χ0n) is 10.2. The van der Waals surface area contributed by atoms with E-state index >= 15 is 0 Å². The van der Waals surface area contributed by atoms with Crippen LogP contribution in [0.5, 0.6) is 0 Å². The van der Waals surface area contributed by atoms with Crippen LogP contribution in [0.3, 0.4) is 0 Å². The number of nitrogen functional groups attached to an aromatic ring is 1. The van der Waals surface area contributed by atoms with Gasteiger partial charge in [0.05, 0.1) is 11.0 Å². The molecule has 0 atom stereocenters. The number of hydrogen-bond acceptors (Lipinski definition) is 2. The number of nitrogens with zero attached hydrogens (tertiary/aromatic N) is 1. The maximum absolute atomic E-state index is 5.91. The van der Waals surface area contributed by atoms with E-state index in [1.165, 1.54) is 0 Å². The first-order valence-electron chi connectivity index (χ1n) is 5.76. The molecule has 0 amide bonds. The van der Waals surface area contributed by atoms with Gasteiger partial charge in [-0.25, -0.2) is 4.98 Å². The number of nitrogens with one attached hydrogen (secondary N) is 1. The predicted octanol–water partition coefficient (Wildman–Crippen LogP) is 4.65. The monoisotopic (exact) mass is 379 g/mol. The van der Waals surface area contributed by atoms with Gasteiger partial charge in [0.1, 0.15) is 5.82 Å². The third kappa shape index (κ3) is 2.28. The maximum Gasteiger partial charge on any atom is 0.138 e. The van der Waals surface area contributed by atoms with Crippen LogP contribution in [0.15, 0.2) is 39.3 Å². The van der Waals surface area contributed by atoms with Crippen molar-refractivity contribution in [3.63, 3.8) is 0 Å². The van der Waals surface area contributed by atoms with Crippen molar-refractivity contribution in [2.24, 2.45) is 0 Å². The highest BCUT2D eigenvalue weighted by atomic mass is 79.9. The number of rotatable bonds is 1. The molecule has 0 saturated heterocycles. The van der Waals surface area contributed by atoms with E-state index in [2.05, 4.69) is 47.9 Å². The molecule has 0 fully saturated rings. The smallest absolute Gasteiger partial charge is 0.138 e. The lowest BCUT2D eigenvalue weighted by Gasteiger charge is -2.00. The molecule has 1 heterocycles. The molecule has 3 nitrogen and oxygen atoms in total. The minimum absolute atomic E-state index is 0.704. The van der Waals surface area contributed by atoms with Gasteiger partial charge < -0.3 is 10.7 Å². The summed E-state index contributed by atoms with van der Waals surface area (Å²) >= 11 is 6.89. The molecule has 0 spiro atoms. The number of anilines is 1. The van der Waals surface area contributed by atoms with E-state index in [9.17, 15) is 0 Å². The van der Waals surface area contributed by atoms with E-state index in [1.807, 2.05) is 31.2 Å². The lowest BCUT2D eigenvalue weighted by Crippen LogP contribution is -1.88. The molecule has 0 saturated carbocycles. The summed E-state index contributed by atoms with van der Waals surface area (Å²) in [6.45, 7) is 2.05. The Labute approximate surface area is 127 Å². The molecule has 1 aromatic heterocycles. The molecule has 0 aliphatic rings. The summed E-state index contributed by atoms with van der Waals surface area (Å²) < 4.78 is 1.94. The normalized spacial score (nSPS) is 11.1. The van der Waals surface area contributed by atoms with E-state index in [-0.39, 0.29) is 0 Å². The Morgan fingerprint density at radius 3 is 2.68 bits per heavy atom. The maximum atomic E-state index is 5.91. The third-order valence-electron chi connectivity index (χ3n) is 3.01. The van der Waals surface area contributed by atoms with E-state index in [4.69, 9.17) is 5.73 Å². The highest BCUT2D eigenvalue weighted by Crippen LogP contribution is 2.29. The van der Waals surface area contributed by atoms with Crippen LogP contribution in [0, 0.1) is 6.92 Å². The number of fused-ring (bicyclic) bond motifs is 1. The predicted molar refractivity (Wildman–Crippen MR) is 86.1 cm³/mol. The quantitative estimate of drug-likeness (QED) is 0.604. The van der Waals surface area contributed by atoms with Crippen molar-refractivity contribution in [3.8, 4) is 11.4 Å². The Morgan fingerprint density at radius 2 is 1.95 bits per heavy atom. The summed E-state index contributed by atoms with van der Waals surface area (Å²) in [6.07, 6.45) is 0. The van der Waals surface area contributed by atoms with Crippen LogP contribution in [-0.2, 0) is 0 Å². The number of aromatic nitrogens is 2. The minimum atomic E-state index is 0.704. The van der Waals surface area contributed by atoms with Crippen LogP contribution in [-0.4, -0.2) is 9.97 Å². The van der Waals surface area contributed by atoms with Gasteiger partial charge in [-0.1, -0.05) is 15.9 Å². The van der Waals surface area contributed by atoms with E-state index in [1.54, 1.807) is 0 Å². The largest absolute Gasteiger partial charge is 0.398 e. The number of aromatic amines is 1. The highest BCUT2D eigenvalue weighted by molar-refractivity contribution is 9.10. The fourth-order valence-corrected chi connectivity index (χ4v) is 2.89. The number of nitrogens with two attached hydrogens (primary N) is 1. The van der Waals surface area contributed by atoms with Crippen LogP contribution >= 0.6 is 31.9 Å². The van der Waals surface area contributed by atoms with E-state index < -0.39 is 0 Å². The molecule has 0 aliphatic carbocycles. The van der Waals surface area contributed by atoms with E-state index in [0.717, 1.165) is 36.9 Å². The molecule has 0 unspecified atom stereocenters. The number of aryl methyl sites for hydroxylation is 1. The summed E-state index contributed by atoms with van der Waals surface area (Å²) in [5.41, 5.74) is 10.7. The van der Waals surface area contributed by atoms with Gasteiger partial charge in [0, 0.05) is 20.2 Å². The fourth-order valence-electron chi connectivity index (χ4n) is 2.07. The standard InChI is InChI=1S/C14H11Br2N3/c1-7-4-9(15)6-12-13(7)19-14(18-12)8-2-3-10(16)11(17)5-8/h2-6H,17H2,1H3,(H,18,19). The van der Waals surface area contributed by atoms with Gasteiger partial charge in [0.2, 0.25) is 0 Å².